The van der Waals surface area contributed by atoms with Gasteiger partial charge in [-0.1, -0.05) is 13.8 Å². The first-order chi connectivity index (χ1) is 9.97. The third kappa shape index (κ3) is 3.36. The molecule has 2 rings (SSSR count). The van der Waals surface area contributed by atoms with Crippen LogP contribution in [-0.2, 0) is 9.59 Å². The Labute approximate surface area is 137 Å². The monoisotopic (exact) mass is 404 g/mol. The molecule has 1 heterocycles. The van der Waals surface area contributed by atoms with E-state index in [4.69, 9.17) is 0 Å². The molecule has 2 amide bonds. The van der Waals surface area contributed by atoms with Crippen molar-refractivity contribution in [1.82, 2.24) is 4.90 Å². The molecule has 1 aromatic carbocycles. The number of hydrogen-bond donors (Lipinski definition) is 1. The van der Waals surface area contributed by atoms with Crippen molar-refractivity contribution >= 4 is 40.1 Å². The molecule has 0 saturated carbocycles. The van der Waals surface area contributed by atoms with Crippen molar-refractivity contribution in [3.05, 3.63) is 27.6 Å². The van der Waals surface area contributed by atoms with Gasteiger partial charge in [-0.3, -0.25) is 14.5 Å². The highest BCUT2D eigenvalue weighted by molar-refractivity contribution is 14.1. The fourth-order valence-electron chi connectivity index (χ4n) is 2.60. The summed E-state index contributed by atoms with van der Waals surface area (Å²) >= 11 is 2.01. The fraction of sp³-hybridized carbons (Fsp3) is 0.467. The van der Waals surface area contributed by atoms with E-state index >= 15 is 0 Å². The van der Waals surface area contributed by atoms with Gasteiger partial charge in [-0.05, 0) is 53.6 Å². The minimum Gasteiger partial charge on any atom is -0.372 e. The Balaban J connectivity index is 2.15. The van der Waals surface area contributed by atoms with E-state index < -0.39 is 6.04 Å². The number of nitrogens with zero attached hydrogens (tertiary/aromatic N) is 1. The Morgan fingerprint density at radius 1 is 1.38 bits per heavy atom. The molecule has 0 aromatic heterocycles. The lowest BCUT2D eigenvalue weighted by Gasteiger charge is -2.24. The van der Waals surface area contributed by atoms with Gasteiger partial charge in [0.25, 0.3) is 5.91 Å². The minimum atomic E-state index is -0.558. The molecular weight excluding hydrogens is 386 g/mol. The average Bonchev–Trinajstić information content (AvgIpc) is 2.71. The topological polar surface area (TPSA) is 49.4 Å². The average molecular weight is 404 g/mol. The predicted molar refractivity (Wildman–Crippen MR) is 87.4 cm³/mol. The Bertz CT molecular complexity index is 561. The van der Waals surface area contributed by atoms with Gasteiger partial charge in [0.1, 0.15) is 11.9 Å². The SMILES string of the molecule is CCC(CC)N1C(=O)CC(Nc2ccc(F)cc2I)C1=O. The van der Waals surface area contributed by atoms with Gasteiger partial charge in [-0.15, -0.1) is 0 Å². The highest BCUT2D eigenvalue weighted by Crippen LogP contribution is 2.25. The summed E-state index contributed by atoms with van der Waals surface area (Å²) in [5.74, 6) is -0.644. The number of rotatable bonds is 5. The van der Waals surface area contributed by atoms with E-state index in [1.54, 1.807) is 6.07 Å². The maximum absolute atomic E-state index is 13.1. The van der Waals surface area contributed by atoms with Gasteiger partial charge in [0.2, 0.25) is 5.91 Å². The lowest BCUT2D eigenvalue weighted by molar-refractivity contribution is -0.141. The quantitative estimate of drug-likeness (QED) is 0.606. The number of nitrogens with one attached hydrogen (secondary N) is 1. The summed E-state index contributed by atoms with van der Waals surface area (Å²) in [5, 5.41) is 3.06. The normalized spacial score (nSPS) is 18.7. The summed E-state index contributed by atoms with van der Waals surface area (Å²) < 4.78 is 13.8. The Hall–Kier alpha value is -1.18. The molecule has 0 spiro atoms. The van der Waals surface area contributed by atoms with Crippen molar-refractivity contribution < 1.29 is 14.0 Å². The molecule has 114 valence electrons. The number of hydrogen-bond acceptors (Lipinski definition) is 3. The summed E-state index contributed by atoms with van der Waals surface area (Å²) in [5.41, 5.74) is 0.676. The summed E-state index contributed by atoms with van der Waals surface area (Å²) in [6.45, 7) is 3.94. The van der Waals surface area contributed by atoms with Crippen LogP contribution in [0.5, 0.6) is 0 Å². The lowest BCUT2D eigenvalue weighted by Crippen LogP contribution is -2.41. The van der Waals surface area contributed by atoms with Crippen LogP contribution in [0.3, 0.4) is 0 Å². The molecular formula is C15H18FIN2O2. The van der Waals surface area contributed by atoms with E-state index in [9.17, 15) is 14.0 Å². The van der Waals surface area contributed by atoms with Gasteiger partial charge in [-0.25, -0.2) is 4.39 Å². The largest absolute Gasteiger partial charge is 0.372 e. The first-order valence-electron chi connectivity index (χ1n) is 7.05. The Kier molecular flexibility index (Phi) is 5.18. The highest BCUT2D eigenvalue weighted by Gasteiger charge is 2.41. The van der Waals surface area contributed by atoms with Crippen LogP contribution in [0.2, 0.25) is 0 Å². The number of halogens is 2. The zero-order valence-electron chi connectivity index (χ0n) is 12.0. The van der Waals surface area contributed by atoms with Gasteiger partial charge >= 0.3 is 0 Å². The van der Waals surface area contributed by atoms with Gasteiger partial charge < -0.3 is 5.32 Å². The third-order valence-electron chi connectivity index (χ3n) is 3.75. The van der Waals surface area contributed by atoms with E-state index in [2.05, 4.69) is 5.32 Å². The Morgan fingerprint density at radius 2 is 2.05 bits per heavy atom. The number of carbonyl (C=O) groups is 2. The van der Waals surface area contributed by atoms with Crippen LogP contribution in [0, 0.1) is 9.39 Å². The maximum Gasteiger partial charge on any atom is 0.252 e. The van der Waals surface area contributed by atoms with E-state index in [1.807, 2.05) is 36.4 Å². The zero-order valence-corrected chi connectivity index (χ0v) is 14.2. The van der Waals surface area contributed by atoms with Gasteiger partial charge in [0.05, 0.1) is 6.42 Å². The van der Waals surface area contributed by atoms with Crippen molar-refractivity contribution in [2.24, 2.45) is 0 Å². The maximum atomic E-state index is 13.1. The van der Waals surface area contributed by atoms with Crippen LogP contribution < -0.4 is 5.32 Å². The first kappa shape index (κ1) is 16.2. The van der Waals surface area contributed by atoms with Gasteiger partial charge in [-0.2, -0.15) is 0 Å². The van der Waals surface area contributed by atoms with Crippen LogP contribution in [0.4, 0.5) is 10.1 Å². The molecule has 1 saturated heterocycles. The molecule has 4 nitrogen and oxygen atoms in total. The lowest BCUT2D eigenvalue weighted by atomic mass is 10.1. The predicted octanol–water partition coefficient (Wildman–Crippen LogP) is 3.16. The second kappa shape index (κ2) is 6.72. The van der Waals surface area contributed by atoms with Gasteiger partial charge in [0, 0.05) is 15.3 Å². The highest BCUT2D eigenvalue weighted by atomic mass is 127. The summed E-state index contributed by atoms with van der Waals surface area (Å²) in [6, 6.07) is 3.73. The number of benzene rings is 1. The smallest absolute Gasteiger partial charge is 0.252 e. The molecule has 1 unspecified atom stereocenters. The molecule has 1 fully saturated rings. The standard InChI is InChI=1S/C15H18FIN2O2/c1-3-10(4-2)19-14(20)8-13(15(19)21)18-12-6-5-9(16)7-11(12)17/h5-7,10,13,18H,3-4,8H2,1-2H3. The third-order valence-corrected chi connectivity index (χ3v) is 4.64. The molecule has 6 heteroatoms. The van der Waals surface area contributed by atoms with E-state index in [0.29, 0.717) is 9.26 Å². The molecule has 1 atom stereocenters. The molecule has 1 aromatic rings. The second-order valence-corrected chi connectivity index (χ2v) is 6.26. The van der Waals surface area contributed by atoms with Crippen molar-refractivity contribution in [3.63, 3.8) is 0 Å². The molecule has 21 heavy (non-hydrogen) atoms. The summed E-state index contributed by atoms with van der Waals surface area (Å²) in [6.07, 6.45) is 1.67. The van der Waals surface area contributed by atoms with E-state index in [-0.39, 0.29) is 30.1 Å². The number of likely N-dealkylation sites (tertiary alicyclic amines) is 1. The van der Waals surface area contributed by atoms with Crippen LogP contribution in [0.1, 0.15) is 33.1 Å². The van der Waals surface area contributed by atoms with Crippen LogP contribution in [-0.4, -0.2) is 28.8 Å². The molecule has 0 aliphatic carbocycles. The van der Waals surface area contributed by atoms with Crippen molar-refractivity contribution in [2.75, 3.05) is 5.32 Å². The van der Waals surface area contributed by atoms with Crippen molar-refractivity contribution in [2.45, 2.75) is 45.2 Å². The molecule has 1 aliphatic rings. The van der Waals surface area contributed by atoms with Crippen LogP contribution in [0.15, 0.2) is 18.2 Å². The number of anilines is 1. The van der Waals surface area contributed by atoms with Gasteiger partial charge in [0.15, 0.2) is 0 Å². The number of carbonyl (C=O) groups excluding carboxylic acids is 2. The summed E-state index contributed by atoms with van der Waals surface area (Å²) in [4.78, 5) is 25.9. The first-order valence-corrected chi connectivity index (χ1v) is 8.13. The van der Waals surface area contributed by atoms with Crippen LogP contribution in [0.25, 0.3) is 0 Å². The summed E-state index contributed by atoms with van der Waals surface area (Å²) in [7, 11) is 0. The van der Waals surface area contributed by atoms with E-state index in [0.717, 1.165) is 12.8 Å². The van der Waals surface area contributed by atoms with E-state index in [1.165, 1.54) is 17.0 Å². The molecule has 1 N–H and O–H groups in total. The van der Waals surface area contributed by atoms with Crippen molar-refractivity contribution in [3.8, 4) is 0 Å². The minimum absolute atomic E-state index is 0.0379. The van der Waals surface area contributed by atoms with Crippen LogP contribution >= 0.6 is 22.6 Å². The zero-order chi connectivity index (χ0) is 15.6. The number of amides is 2. The molecule has 0 radical (unpaired) electrons. The second-order valence-electron chi connectivity index (χ2n) is 5.10. The molecule has 1 aliphatic heterocycles. The number of imide groups is 1. The molecule has 0 bridgehead atoms. The Morgan fingerprint density at radius 3 is 2.62 bits per heavy atom. The van der Waals surface area contributed by atoms with Crippen molar-refractivity contribution in [1.29, 1.82) is 0 Å². The fourth-order valence-corrected chi connectivity index (χ4v) is 3.23.